The van der Waals surface area contributed by atoms with Gasteiger partial charge in [-0.3, -0.25) is 0 Å². The highest BCUT2D eigenvalue weighted by atomic mass is 35.5. The molecule has 1 heterocycles. The van der Waals surface area contributed by atoms with Crippen LogP contribution in [0.5, 0.6) is 0 Å². The van der Waals surface area contributed by atoms with Gasteiger partial charge in [0.1, 0.15) is 0 Å². The first-order valence-corrected chi connectivity index (χ1v) is 4.59. The molecular formula is C8H6ClN5O2. The number of nitrogens with zero attached hydrogens (tertiary/aromatic N) is 4. The Hall–Kier alpha value is -2.15. The molecule has 0 bridgehead atoms. The smallest absolute Gasteiger partial charge is 0.350 e. The minimum atomic E-state index is -0.997. The van der Waals surface area contributed by atoms with Crippen LogP contribution >= 0.6 is 11.6 Å². The number of rotatable bonds is 1. The van der Waals surface area contributed by atoms with Crippen LogP contribution in [0.25, 0.3) is 5.69 Å². The van der Waals surface area contributed by atoms with Crippen molar-refractivity contribution in [1.29, 1.82) is 0 Å². The summed E-state index contributed by atoms with van der Waals surface area (Å²) in [4.78, 5) is 22.4. The van der Waals surface area contributed by atoms with E-state index in [1.54, 1.807) is 24.3 Å². The number of nitrogens with two attached hydrogens (primary N) is 1. The summed E-state index contributed by atoms with van der Waals surface area (Å²) in [6, 6.07) is 5.55. The molecule has 16 heavy (non-hydrogen) atoms. The lowest BCUT2D eigenvalue weighted by molar-refractivity contribution is 0.246. The van der Waals surface area contributed by atoms with Gasteiger partial charge in [0.15, 0.2) is 0 Å². The summed E-state index contributed by atoms with van der Waals surface area (Å²) in [5, 5.41) is 7.14. The third-order valence-electron chi connectivity index (χ3n) is 1.87. The second kappa shape index (κ2) is 3.78. The van der Waals surface area contributed by atoms with Crippen LogP contribution in [0.3, 0.4) is 0 Å². The summed E-state index contributed by atoms with van der Waals surface area (Å²) >= 11 is 5.87. The molecular weight excluding hydrogens is 234 g/mol. The zero-order chi connectivity index (χ0) is 11.7. The second-order valence-electron chi connectivity index (χ2n) is 2.87. The van der Waals surface area contributed by atoms with E-state index in [0.29, 0.717) is 15.4 Å². The number of halogens is 1. The van der Waals surface area contributed by atoms with E-state index in [0.717, 1.165) is 4.68 Å². The fourth-order valence-electron chi connectivity index (χ4n) is 1.16. The first-order valence-electron chi connectivity index (χ1n) is 4.21. The van der Waals surface area contributed by atoms with Crippen LogP contribution in [0, 0.1) is 0 Å². The summed E-state index contributed by atoms with van der Waals surface area (Å²) in [5.41, 5.74) is 4.49. The normalized spacial score (nSPS) is 10.3. The van der Waals surface area contributed by atoms with Crippen LogP contribution in [-0.4, -0.2) is 25.8 Å². The number of carbonyl (C=O) groups is 1. The molecule has 2 rings (SSSR count). The first kappa shape index (κ1) is 10.4. The molecule has 1 aromatic heterocycles. The summed E-state index contributed by atoms with van der Waals surface area (Å²) in [6.07, 6.45) is 0. The molecule has 0 fully saturated rings. The Morgan fingerprint density at radius 3 is 2.56 bits per heavy atom. The van der Waals surface area contributed by atoms with Gasteiger partial charge in [0.2, 0.25) is 0 Å². The zero-order valence-electron chi connectivity index (χ0n) is 7.87. The lowest BCUT2D eigenvalue weighted by atomic mass is 10.3. The lowest BCUT2D eigenvalue weighted by Crippen LogP contribution is -2.33. The molecule has 0 aliphatic heterocycles. The molecule has 82 valence electrons. The Labute approximate surface area is 94.0 Å². The Morgan fingerprint density at radius 1 is 1.31 bits per heavy atom. The maximum atomic E-state index is 11.6. The SMILES string of the molecule is NC(=O)n1nnn(-c2ccccc2Cl)c1=O. The molecule has 7 nitrogen and oxygen atoms in total. The lowest BCUT2D eigenvalue weighted by Gasteiger charge is -1.99. The molecule has 1 aromatic carbocycles. The van der Waals surface area contributed by atoms with Crippen molar-refractivity contribution in [2.45, 2.75) is 0 Å². The standard InChI is InChI=1S/C8H6ClN5O2/c9-5-3-1-2-4-6(5)13-8(16)14(7(10)15)12-11-13/h1-4H,(H2,10,15). The van der Waals surface area contributed by atoms with Gasteiger partial charge in [0, 0.05) is 0 Å². The van der Waals surface area contributed by atoms with Gasteiger partial charge in [-0.2, -0.15) is 4.68 Å². The number of hydrogen-bond donors (Lipinski definition) is 1. The third kappa shape index (κ3) is 1.57. The van der Waals surface area contributed by atoms with Gasteiger partial charge >= 0.3 is 11.7 Å². The average molecular weight is 240 g/mol. The number of tetrazole rings is 1. The van der Waals surface area contributed by atoms with Crippen LogP contribution in [0.4, 0.5) is 4.79 Å². The molecule has 0 atom stereocenters. The quantitative estimate of drug-likeness (QED) is 0.709. The topological polar surface area (TPSA) is 95.8 Å². The van der Waals surface area contributed by atoms with Gasteiger partial charge in [-0.25, -0.2) is 9.59 Å². The van der Waals surface area contributed by atoms with Gasteiger partial charge in [-0.1, -0.05) is 23.7 Å². The first-order chi connectivity index (χ1) is 7.61. The number of primary amides is 1. The van der Waals surface area contributed by atoms with Crippen molar-refractivity contribution >= 4 is 17.6 Å². The Morgan fingerprint density at radius 2 is 2.00 bits per heavy atom. The van der Waals surface area contributed by atoms with Crippen LogP contribution in [-0.2, 0) is 0 Å². The number of amides is 1. The van der Waals surface area contributed by atoms with Crippen LogP contribution in [0.1, 0.15) is 0 Å². The van der Waals surface area contributed by atoms with E-state index in [-0.39, 0.29) is 0 Å². The van der Waals surface area contributed by atoms with Gasteiger partial charge in [-0.05, 0) is 22.6 Å². The molecule has 0 saturated heterocycles. The summed E-state index contributed by atoms with van der Waals surface area (Å²) in [7, 11) is 0. The molecule has 0 saturated carbocycles. The predicted octanol–water partition coefficient (Wildman–Crippen LogP) is 0.00920. The van der Waals surface area contributed by atoms with E-state index >= 15 is 0 Å². The fourth-order valence-corrected chi connectivity index (χ4v) is 1.38. The summed E-state index contributed by atoms with van der Waals surface area (Å²) in [5.74, 6) is 0. The van der Waals surface area contributed by atoms with Gasteiger partial charge < -0.3 is 5.73 Å². The largest absolute Gasteiger partial charge is 0.377 e. The highest BCUT2D eigenvalue weighted by Gasteiger charge is 2.13. The molecule has 0 radical (unpaired) electrons. The molecule has 0 unspecified atom stereocenters. The van der Waals surface area contributed by atoms with Gasteiger partial charge in [-0.15, -0.1) is 4.68 Å². The monoisotopic (exact) mass is 239 g/mol. The minimum Gasteiger partial charge on any atom is -0.350 e. The molecule has 0 aliphatic rings. The van der Waals surface area contributed by atoms with E-state index in [1.165, 1.54) is 0 Å². The molecule has 0 spiro atoms. The van der Waals surface area contributed by atoms with E-state index in [9.17, 15) is 9.59 Å². The van der Waals surface area contributed by atoms with Crippen molar-refractivity contribution < 1.29 is 4.79 Å². The number of para-hydroxylation sites is 1. The molecule has 0 aliphatic carbocycles. The highest BCUT2D eigenvalue weighted by Crippen LogP contribution is 2.16. The predicted molar refractivity (Wildman–Crippen MR) is 55.6 cm³/mol. The van der Waals surface area contributed by atoms with Crippen molar-refractivity contribution in [3.63, 3.8) is 0 Å². The van der Waals surface area contributed by atoms with Crippen molar-refractivity contribution in [3.05, 3.63) is 39.8 Å². The number of hydrogen-bond acceptors (Lipinski definition) is 4. The van der Waals surface area contributed by atoms with Crippen LogP contribution in [0.15, 0.2) is 29.1 Å². The molecule has 1 amide bonds. The van der Waals surface area contributed by atoms with E-state index in [1.807, 2.05) is 0 Å². The molecule has 8 heteroatoms. The summed E-state index contributed by atoms with van der Waals surface area (Å²) in [6.45, 7) is 0. The third-order valence-corrected chi connectivity index (χ3v) is 2.19. The Bertz CT molecular complexity index is 602. The van der Waals surface area contributed by atoms with Crippen LogP contribution in [0.2, 0.25) is 5.02 Å². The number of aromatic nitrogens is 4. The zero-order valence-corrected chi connectivity index (χ0v) is 8.63. The van der Waals surface area contributed by atoms with Crippen molar-refractivity contribution in [2.75, 3.05) is 0 Å². The van der Waals surface area contributed by atoms with E-state index in [4.69, 9.17) is 17.3 Å². The van der Waals surface area contributed by atoms with Crippen molar-refractivity contribution in [3.8, 4) is 5.69 Å². The Kier molecular flexibility index (Phi) is 2.45. The second-order valence-corrected chi connectivity index (χ2v) is 3.28. The van der Waals surface area contributed by atoms with Crippen LogP contribution < -0.4 is 11.4 Å². The maximum Gasteiger partial charge on any atom is 0.377 e. The summed E-state index contributed by atoms with van der Waals surface area (Å²) < 4.78 is 1.34. The van der Waals surface area contributed by atoms with Gasteiger partial charge in [0.25, 0.3) is 0 Å². The van der Waals surface area contributed by atoms with Crippen molar-refractivity contribution in [1.82, 2.24) is 19.8 Å². The average Bonchev–Trinajstić information content (AvgIpc) is 2.61. The number of carbonyl (C=O) groups excluding carboxylic acids is 1. The van der Waals surface area contributed by atoms with Crippen molar-refractivity contribution in [2.24, 2.45) is 5.73 Å². The highest BCUT2D eigenvalue weighted by molar-refractivity contribution is 6.32. The number of benzene rings is 1. The van der Waals surface area contributed by atoms with Gasteiger partial charge in [0.05, 0.1) is 10.7 Å². The fraction of sp³-hybridized carbons (Fsp3) is 0. The maximum absolute atomic E-state index is 11.6. The van der Waals surface area contributed by atoms with E-state index < -0.39 is 11.7 Å². The van der Waals surface area contributed by atoms with E-state index in [2.05, 4.69) is 10.4 Å². The Balaban J connectivity index is 2.63. The molecule has 2 aromatic rings. The molecule has 2 N–H and O–H groups in total. The minimum absolute atomic E-state index is 0.320.